The number of carboxylic acids is 2. The van der Waals surface area contributed by atoms with Crippen LogP contribution >= 0.6 is 0 Å². The van der Waals surface area contributed by atoms with Crippen LogP contribution in [0.25, 0.3) is 0 Å². The van der Waals surface area contributed by atoms with Crippen molar-refractivity contribution in [3.63, 3.8) is 0 Å². The summed E-state index contributed by atoms with van der Waals surface area (Å²) in [6, 6.07) is 0. The van der Waals surface area contributed by atoms with Crippen molar-refractivity contribution in [1.82, 2.24) is 0 Å². The van der Waals surface area contributed by atoms with E-state index in [0.717, 1.165) is 38.5 Å². The van der Waals surface area contributed by atoms with E-state index < -0.39 is 17.9 Å². The highest BCUT2D eigenvalue weighted by atomic mass is 16.4. The zero-order valence-corrected chi connectivity index (χ0v) is 17.6. The molecule has 0 fully saturated rings. The van der Waals surface area contributed by atoms with Crippen LogP contribution in [-0.2, 0) is 9.59 Å². The van der Waals surface area contributed by atoms with E-state index in [0.29, 0.717) is 12.8 Å². The number of carbonyl (C=O) groups is 2. The average molecular weight is 401 g/mol. The van der Waals surface area contributed by atoms with Crippen LogP contribution in [0.1, 0.15) is 64.7 Å². The smallest absolute Gasteiger partial charge is 0.317 e. The molecule has 0 aliphatic carbocycles. The molecular formula is C25H36O4. The number of aliphatic carboxylic acids is 2. The highest BCUT2D eigenvalue weighted by Crippen LogP contribution is 2.10. The molecule has 0 saturated heterocycles. The zero-order valence-electron chi connectivity index (χ0n) is 17.6. The number of allylic oxidation sites excluding steroid dienone is 12. The topological polar surface area (TPSA) is 74.6 Å². The third-order valence-corrected chi connectivity index (χ3v) is 4.06. The Morgan fingerprint density at radius 1 is 0.621 bits per heavy atom. The van der Waals surface area contributed by atoms with E-state index in [1.807, 2.05) is 12.2 Å². The van der Waals surface area contributed by atoms with E-state index >= 15 is 0 Å². The standard InChI is InChI=1S/C25H36O4/c1-2-3-4-5-6-7-8-9-10-11-12-13-14-15-16-17-18-19-20-21-22-23(24(26)27)25(28)29/h3-4,6-7,9-10,12-13,15-16,18-19,23H,2,5,8,11,14,17,20-22H2,1H3,(H,26,27)(H,28,29). The second kappa shape index (κ2) is 20.1. The van der Waals surface area contributed by atoms with Crippen LogP contribution in [0.15, 0.2) is 72.9 Å². The summed E-state index contributed by atoms with van der Waals surface area (Å²) in [5.74, 6) is -3.82. The highest BCUT2D eigenvalue weighted by Gasteiger charge is 2.24. The van der Waals surface area contributed by atoms with Gasteiger partial charge in [-0.2, -0.15) is 0 Å². The monoisotopic (exact) mass is 400 g/mol. The highest BCUT2D eigenvalue weighted by molar-refractivity contribution is 5.92. The number of unbranched alkanes of at least 4 members (excludes halogenated alkanes) is 1. The third kappa shape index (κ3) is 18.5. The van der Waals surface area contributed by atoms with Crippen LogP contribution < -0.4 is 0 Å². The van der Waals surface area contributed by atoms with Gasteiger partial charge in [-0.3, -0.25) is 9.59 Å². The van der Waals surface area contributed by atoms with Crippen LogP contribution in [0.4, 0.5) is 0 Å². The fourth-order valence-electron chi connectivity index (χ4n) is 2.43. The summed E-state index contributed by atoms with van der Waals surface area (Å²) in [6.45, 7) is 2.14. The summed E-state index contributed by atoms with van der Waals surface area (Å²) in [5, 5.41) is 17.6. The quantitative estimate of drug-likeness (QED) is 0.163. The maximum absolute atomic E-state index is 10.8. The zero-order chi connectivity index (χ0) is 21.6. The van der Waals surface area contributed by atoms with Crippen molar-refractivity contribution in [3.8, 4) is 0 Å². The Labute approximate surface area is 175 Å². The average Bonchev–Trinajstić information content (AvgIpc) is 2.68. The Balaban J connectivity index is 3.67. The predicted octanol–water partition coefficient (Wildman–Crippen LogP) is 6.64. The maximum Gasteiger partial charge on any atom is 0.317 e. The molecule has 0 aliphatic heterocycles. The van der Waals surface area contributed by atoms with Gasteiger partial charge in [0.2, 0.25) is 0 Å². The lowest BCUT2D eigenvalue weighted by molar-refractivity contribution is -0.154. The number of hydrogen-bond donors (Lipinski definition) is 2. The molecule has 0 saturated carbocycles. The Morgan fingerprint density at radius 3 is 1.31 bits per heavy atom. The van der Waals surface area contributed by atoms with Gasteiger partial charge in [0.25, 0.3) is 0 Å². The summed E-state index contributed by atoms with van der Waals surface area (Å²) in [6.07, 6.45) is 32.8. The van der Waals surface area contributed by atoms with E-state index in [1.165, 1.54) is 0 Å². The van der Waals surface area contributed by atoms with Gasteiger partial charge in [-0.05, 0) is 57.8 Å². The van der Waals surface area contributed by atoms with Gasteiger partial charge in [-0.15, -0.1) is 0 Å². The normalized spacial score (nSPS) is 12.9. The van der Waals surface area contributed by atoms with Crippen molar-refractivity contribution in [2.45, 2.75) is 64.7 Å². The molecule has 0 heterocycles. The molecule has 4 heteroatoms. The summed E-state index contributed by atoms with van der Waals surface area (Å²) < 4.78 is 0. The minimum atomic E-state index is -1.30. The van der Waals surface area contributed by atoms with Gasteiger partial charge in [0.05, 0.1) is 0 Å². The first-order chi connectivity index (χ1) is 14.1. The Bertz CT molecular complexity index is 592. The first-order valence-corrected chi connectivity index (χ1v) is 10.4. The molecule has 0 radical (unpaired) electrons. The van der Waals surface area contributed by atoms with E-state index in [-0.39, 0.29) is 6.42 Å². The molecule has 160 valence electrons. The molecule has 0 spiro atoms. The first-order valence-electron chi connectivity index (χ1n) is 10.4. The van der Waals surface area contributed by atoms with E-state index in [9.17, 15) is 9.59 Å². The summed E-state index contributed by atoms with van der Waals surface area (Å²) in [4.78, 5) is 21.5. The van der Waals surface area contributed by atoms with Crippen LogP contribution in [-0.4, -0.2) is 22.2 Å². The van der Waals surface area contributed by atoms with Gasteiger partial charge in [0.1, 0.15) is 0 Å². The van der Waals surface area contributed by atoms with Gasteiger partial charge in [-0.1, -0.05) is 79.8 Å². The Kier molecular flexibility index (Phi) is 18.3. The van der Waals surface area contributed by atoms with Gasteiger partial charge in [0.15, 0.2) is 5.92 Å². The van der Waals surface area contributed by atoms with Crippen molar-refractivity contribution in [3.05, 3.63) is 72.9 Å². The number of carboxylic acid groups (broad SMARTS) is 2. The Hall–Kier alpha value is -2.62. The molecule has 29 heavy (non-hydrogen) atoms. The lowest BCUT2D eigenvalue weighted by Gasteiger charge is -2.04. The third-order valence-electron chi connectivity index (χ3n) is 4.06. The molecule has 0 atom stereocenters. The molecule has 0 rings (SSSR count). The van der Waals surface area contributed by atoms with Crippen LogP contribution in [0, 0.1) is 5.92 Å². The lowest BCUT2D eigenvalue weighted by Crippen LogP contribution is -2.23. The summed E-state index contributed by atoms with van der Waals surface area (Å²) in [5.41, 5.74) is 0. The molecule has 0 bridgehead atoms. The molecule has 0 unspecified atom stereocenters. The fourth-order valence-corrected chi connectivity index (χ4v) is 2.43. The second-order valence-corrected chi connectivity index (χ2v) is 6.58. The van der Waals surface area contributed by atoms with Crippen molar-refractivity contribution in [1.29, 1.82) is 0 Å². The maximum atomic E-state index is 10.8. The first kappa shape index (κ1) is 26.4. The molecule has 0 aliphatic rings. The van der Waals surface area contributed by atoms with E-state index in [1.54, 1.807) is 0 Å². The van der Waals surface area contributed by atoms with Gasteiger partial charge >= 0.3 is 11.9 Å². The fraction of sp³-hybridized carbons (Fsp3) is 0.440. The van der Waals surface area contributed by atoms with Crippen LogP contribution in [0.5, 0.6) is 0 Å². The molecule has 2 N–H and O–H groups in total. The molecule has 0 amide bonds. The van der Waals surface area contributed by atoms with E-state index in [2.05, 4.69) is 67.7 Å². The minimum Gasteiger partial charge on any atom is -0.481 e. The largest absolute Gasteiger partial charge is 0.481 e. The van der Waals surface area contributed by atoms with Crippen molar-refractivity contribution >= 4 is 11.9 Å². The number of rotatable bonds is 17. The lowest BCUT2D eigenvalue weighted by atomic mass is 10.0. The minimum absolute atomic E-state index is 0.163. The second-order valence-electron chi connectivity index (χ2n) is 6.58. The van der Waals surface area contributed by atoms with Crippen molar-refractivity contribution < 1.29 is 19.8 Å². The van der Waals surface area contributed by atoms with Gasteiger partial charge in [0, 0.05) is 0 Å². The van der Waals surface area contributed by atoms with Gasteiger partial charge < -0.3 is 10.2 Å². The van der Waals surface area contributed by atoms with Crippen molar-refractivity contribution in [2.75, 3.05) is 0 Å². The van der Waals surface area contributed by atoms with Crippen molar-refractivity contribution in [2.24, 2.45) is 5.92 Å². The molecule has 0 aromatic rings. The van der Waals surface area contributed by atoms with Crippen LogP contribution in [0.3, 0.4) is 0 Å². The summed E-state index contributed by atoms with van der Waals surface area (Å²) in [7, 11) is 0. The molecule has 0 aromatic carbocycles. The van der Waals surface area contributed by atoms with E-state index in [4.69, 9.17) is 10.2 Å². The van der Waals surface area contributed by atoms with Crippen LogP contribution in [0.2, 0.25) is 0 Å². The summed E-state index contributed by atoms with van der Waals surface area (Å²) >= 11 is 0. The number of hydrogen-bond acceptors (Lipinski definition) is 2. The Morgan fingerprint density at radius 2 is 0.966 bits per heavy atom. The predicted molar refractivity (Wildman–Crippen MR) is 121 cm³/mol. The molecular weight excluding hydrogens is 364 g/mol. The van der Waals surface area contributed by atoms with Gasteiger partial charge in [-0.25, -0.2) is 0 Å². The molecule has 0 aromatic heterocycles. The molecule has 4 nitrogen and oxygen atoms in total. The SMILES string of the molecule is CCC=CCC=CCC=CCC=CCC=CCC=CCCCC(C(=O)O)C(=O)O.